The Morgan fingerprint density at radius 2 is 1.82 bits per heavy atom. The predicted molar refractivity (Wildman–Crippen MR) is 132 cm³/mol. The van der Waals surface area contributed by atoms with Crippen molar-refractivity contribution in [2.45, 2.75) is 25.7 Å². The van der Waals surface area contributed by atoms with Crippen molar-refractivity contribution in [3.8, 4) is 11.5 Å². The molecule has 9 heteroatoms. The Balaban J connectivity index is 1.83. The number of aromatic hydroxyl groups is 1. The third kappa shape index (κ3) is 5.93. The van der Waals surface area contributed by atoms with Crippen molar-refractivity contribution >= 4 is 27.8 Å². The number of anilines is 1. The van der Waals surface area contributed by atoms with Crippen molar-refractivity contribution in [2.24, 2.45) is 5.10 Å². The maximum atomic E-state index is 13.4. The van der Waals surface area contributed by atoms with Crippen LogP contribution in [0.1, 0.15) is 23.6 Å². The summed E-state index contributed by atoms with van der Waals surface area (Å²) in [4.78, 5) is 12.8. The summed E-state index contributed by atoms with van der Waals surface area (Å²) in [5.41, 5.74) is 5.08. The lowest BCUT2D eigenvalue weighted by atomic mass is 10.1. The highest BCUT2D eigenvalue weighted by molar-refractivity contribution is 7.92. The van der Waals surface area contributed by atoms with Crippen LogP contribution in [0.3, 0.4) is 0 Å². The normalized spacial score (nSPS) is 11.4. The van der Waals surface area contributed by atoms with E-state index in [0.717, 1.165) is 15.4 Å². The molecule has 0 bridgehead atoms. The molecule has 0 radical (unpaired) electrons. The Hall–Kier alpha value is -3.85. The van der Waals surface area contributed by atoms with Crippen LogP contribution < -0.4 is 14.5 Å². The molecule has 34 heavy (non-hydrogen) atoms. The molecule has 3 rings (SSSR count). The highest BCUT2D eigenvalue weighted by Gasteiger charge is 2.28. The number of nitrogens with zero attached hydrogens (tertiary/aromatic N) is 2. The van der Waals surface area contributed by atoms with E-state index < -0.39 is 22.5 Å². The van der Waals surface area contributed by atoms with Gasteiger partial charge in [-0.3, -0.25) is 9.10 Å². The van der Waals surface area contributed by atoms with E-state index in [9.17, 15) is 18.3 Å². The zero-order valence-corrected chi connectivity index (χ0v) is 20.0. The van der Waals surface area contributed by atoms with Crippen molar-refractivity contribution in [3.05, 3.63) is 83.4 Å². The molecule has 2 N–H and O–H groups in total. The molecule has 0 aliphatic carbocycles. The van der Waals surface area contributed by atoms with E-state index in [4.69, 9.17) is 4.74 Å². The van der Waals surface area contributed by atoms with Crippen LogP contribution in [0.5, 0.6) is 11.5 Å². The minimum Gasteiger partial charge on any atom is -0.504 e. The second kappa shape index (κ2) is 10.8. The number of carbonyl (C=O) groups is 1. The number of phenolic OH excluding ortho intramolecular Hbond substituents is 1. The number of hydrogen-bond acceptors (Lipinski definition) is 6. The van der Waals surface area contributed by atoms with E-state index in [1.165, 1.54) is 24.4 Å². The van der Waals surface area contributed by atoms with E-state index in [1.807, 2.05) is 13.0 Å². The summed E-state index contributed by atoms with van der Waals surface area (Å²) in [5, 5.41) is 13.7. The maximum absolute atomic E-state index is 13.4. The second-order valence-corrected chi connectivity index (χ2v) is 9.43. The van der Waals surface area contributed by atoms with Gasteiger partial charge in [0.05, 0.1) is 23.4 Å². The van der Waals surface area contributed by atoms with Crippen LogP contribution in [0.15, 0.2) is 76.7 Å². The first-order valence-electron chi connectivity index (χ1n) is 10.6. The van der Waals surface area contributed by atoms with Crippen LogP contribution in [0, 0.1) is 13.8 Å². The number of ether oxygens (including phenoxy) is 1. The Bertz CT molecular complexity index is 1290. The van der Waals surface area contributed by atoms with Gasteiger partial charge in [0.1, 0.15) is 6.54 Å². The van der Waals surface area contributed by atoms with Crippen LogP contribution in [0.2, 0.25) is 0 Å². The third-order valence-electron chi connectivity index (χ3n) is 4.93. The molecule has 0 aliphatic heterocycles. The number of carbonyl (C=O) groups excluding carboxylic acids is 1. The van der Waals surface area contributed by atoms with Gasteiger partial charge in [-0.15, -0.1) is 0 Å². The first kappa shape index (κ1) is 24.8. The molecule has 0 saturated heterocycles. The first-order chi connectivity index (χ1) is 16.2. The molecule has 178 valence electrons. The molecule has 0 aromatic heterocycles. The number of hydrogen-bond donors (Lipinski definition) is 2. The average molecular weight is 482 g/mol. The molecule has 0 unspecified atom stereocenters. The summed E-state index contributed by atoms with van der Waals surface area (Å²) < 4.78 is 33.2. The highest BCUT2D eigenvalue weighted by atomic mass is 32.2. The van der Waals surface area contributed by atoms with Crippen molar-refractivity contribution in [2.75, 3.05) is 17.5 Å². The monoisotopic (exact) mass is 481 g/mol. The fourth-order valence-corrected chi connectivity index (χ4v) is 4.84. The molecule has 0 atom stereocenters. The molecular formula is C25H27N3O5S. The number of phenols is 1. The molecule has 1 amide bonds. The minimum absolute atomic E-state index is 0.00161. The minimum atomic E-state index is -4.00. The number of benzene rings is 3. The lowest BCUT2D eigenvalue weighted by molar-refractivity contribution is -0.119. The Kier molecular flexibility index (Phi) is 7.91. The zero-order chi connectivity index (χ0) is 24.7. The van der Waals surface area contributed by atoms with Gasteiger partial charge in [-0.1, -0.05) is 35.9 Å². The smallest absolute Gasteiger partial charge is 0.264 e. The lowest BCUT2D eigenvalue weighted by Gasteiger charge is -2.25. The van der Waals surface area contributed by atoms with Gasteiger partial charge in [-0.25, -0.2) is 13.8 Å². The lowest BCUT2D eigenvalue weighted by Crippen LogP contribution is -2.40. The molecule has 0 aliphatic rings. The molecule has 0 saturated carbocycles. The second-order valence-electron chi connectivity index (χ2n) is 7.57. The average Bonchev–Trinajstić information content (AvgIpc) is 2.81. The summed E-state index contributed by atoms with van der Waals surface area (Å²) in [6, 6.07) is 18.0. The van der Waals surface area contributed by atoms with Crippen molar-refractivity contribution in [1.29, 1.82) is 0 Å². The van der Waals surface area contributed by atoms with E-state index >= 15 is 0 Å². The summed E-state index contributed by atoms with van der Waals surface area (Å²) >= 11 is 0. The van der Waals surface area contributed by atoms with Gasteiger partial charge in [0.25, 0.3) is 15.9 Å². The molecule has 3 aromatic rings. The third-order valence-corrected chi connectivity index (χ3v) is 6.70. The molecule has 3 aromatic carbocycles. The molecule has 8 nitrogen and oxygen atoms in total. The van der Waals surface area contributed by atoms with Crippen LogP contribution in [-0.4, -0.2) is 38.8 Å². The van der Waals surface area contributed by atoms with Gasteiger partial charge in [-0.05, 0) is 68.3 Å². The summed E-state index contributed by atoms with van der Waals surface area (Å²) in [6.45, 7) is 5.43. The number of aryl methyl sites for hydroxylation is 2. The molecule has 0 heterocycles. The number of rotatable bonds is 9. The van der Waals surface area contributed by atoms with E-state index in [1.54, 1.807) is 56.3 Å². The van der Waals surface area contributed by atoms with E-state index in [-0.39, 0.29) is 10.6 Å². The fourth-order valence-electron chi connectivity index (χ4n) is 3.33. The number of hydrazone groups is 1. The van der Waals surface area contributed by atoms with Gasteiger partial charge >= 0.3 is 0 Å². The number of sulfonamides is 1. The van der Waals surface area contributed by atoms with Crippen LogP contribution >= 0.6 is 0 Å². The van der Waals surface area contributed by atoms with E-state index in [0.29, 0.717) is 23.6 Å². The predicted octanol–water partition coefficient (Wildman–Crippen LogP) is 3.75. The molecule has 0 spiro atoms. The zero-order valence-electron chi connectivity index (χ0n) is 19.2. The number of nitrogens with one attached hydrogen (secondary N) is 1. The van der Waals surface area contributed by atoms with Crippen molar-refractivity contribution in [3.63, 3.8) is 0 Å². The summed E-state index contributed by atoms with van der Waals surface area (Å²) in [5.74, 6) is -0.314. The Labute approximate surface area is 199 Å². The highest BCUT2D eigenvalue weighted by Crippen LogP contribution is 2.28. The van der Waals surface area contributed by atoms with Crippen LogP contribution in [-0.2, 0) is 14.8 Å². The summed E-state index contributed by atoms with van der Waals surface area (Å²) in [6.07, 6.45) is 1.38. The molecule has 0 fully saturated rings. The van der Waals surface area contributed by atoms with Crippen LogP contribution in [0.25, 0.3) is 0 Å². The quantitative estimate of drug-likeness (QED) is 0.357. The SMILES string of the molecule is CCOc1cc(/C=N\NC(=O)CN(c2ccc(C)cc2C)S(=O)(=O)c2ccccc2)ccc1O. The largest absolute Gasteiger partial charge is 0.504 e. The van der Waals surface area contributed by atoms with Crippen molar-refractivity contribution < 1.29 is 23.1 Å². The summed E-state index contributed by atoms with van der Waals surface area (Å²) in [7, 11) is -4.00. The van der Waals surface area contributed by atoms with Gasteiger partial charge in [0.15, 0.2) is 11.5 Å². The standard InChI is InChI=1S/C25H27N3O5S/c1-4-33-24-15-20(11-13-23(24)29)16-26-27-25(30)17-28(22-12-10-18(2)14-19(22)3)34(31,32)21-8-6-5-7-9-21/h5-16,29H,4,17H2,1-3H3,(H,27,30)/b26-16-. The Morgan fingerprint density at radius 3 is 2.50 bits per heavy atom. The fraction of sp³-hybridized carbons (Fsp3) is 0.200. The van der Waals surface area contributed by atoms with Gasteiger partial charge in [-0.2, -0.15) is 5.10 Å². The maximum Gasteiger partial charge on any atom is 0.264 e. The van der Waals surface area contributed by atoms with Gasteiger partial charge in [0, 0.05) is 0 Å². The first-order valence-corrected chi connectivity index (χ1v) is 12.1. The Morgan fingerprint density at radius 1 is 1.09 bits per heavy atom. The molecular weight excluding hydrogens is 454 g/mol. The van der Waals surface area contributed by atoms with Gasteiger partial charge < -0.3 is 9.84 Å². The topological polar surface area (TPSA) is 108 Å². The van der Waals surface area contributed by atoms with Crippen molar-refractivity contribution in [1.82, 2.24) is 5.43 Å². The van der Waals surface area contributed by atoms with Crippen LogP contribution in [0.4, 0.5) is 5.69 Å². The van der Waals surface area contributed by atoms with E-state index in [2.05, 4.69) is 10.5 Å². The van der Waals surface area contributed by atoms with Gasteiger partial charge in [0.2, 0.25) is 0 Å². The number of amides is 1.